The molecule has 0 unspecified atom stereocenters. The molecule has 0 saturated heterocycles. The van der Waals surface area contributed by atoms with Crippen molar-refractivity contribution < 1.29 is 0 Å². The Labute approximate surface area is 106 Å². The topological polar surface area (TPSA) is 37.0 Å². The van der Waals surface area contributed by atoms with Crippen LogP contribution < -0.4 is 10.6 Å². The Morgan fingerprint density at radius 1 is 1.18 bits per heavy atom. The standard InChI is InChI=1S/C13H17N3S/c1-9-4-13(17-10(9)2)8-16-12-5-11(14-3)6-15-7-12/h4-7,14,16H,8H2,1-3H3. The van der Waals surface area contributed by atoms with Gasteiger partial charge in [0.2, 0.25) is 0 Å². The molecule has 0 bridgehead atoms. The molecule has 3 nitrogen and oxygen atoms in total. The van der Waals surface area contributed by atoms with Gasteiger partial charge in [0, 0.05) is 23.3 Å². The number of aromatic nitrogens is 1. The summed E-state index contributed by atoms with van der Waals surface area (Å²) in [5.41, 5.74) is 3.43. The third-order valence-corrected chi connectivity index (χ3v) is 3.86. The summed E-state index contributed by atoms with van der Waals surface area (Å²) in [6, 6.07) is 4.29. The summed E-state index contributed by atoms with van der Waals surface area (Å²) in [6.07, 6.45) is 3.65. The molecular weight excluding hydrogens is 230 g/mol. The second-order valence-corrected chi connectivity index (χ2v) is 5.36. The van der Waals surface area contributed by atoms with Crippen molar-refractivity contribution in [3.63, 3.8) is 0 Å². The molecule has 4 heteroatoms. The van der Waals surface area contributed by atoms with Crippen LogP contribution in [-0.4, -0.2) is 12.0 Å². The molecular formula is C13H17N3S. The lowest BCUT2D eigenvalue weighted by Crippen LogP contribution is -1.99. The maximum atomic E-state index is 4.17. The first-order valence-electron chi connectivity index (χ1n) is 5.61. The maximum absolute atomic E-state index is 4.17. The van der Waals surface area contributed by atoms with Gasteiger partial charge in [0.25, 0.3) is 0 Å². The number of anilines is 2. The average Bonchev–Trinajstić information content (AvgIpc) is 2.67. The molecule has 0 aromatic carbocycles. The van der Waals surface area contributed by atoms with Crippen molar-refractivity contribution in [1.29, 1.82) is 0 Å². The summed E-state index contributed by atoms with van der Waals surface area (Å²) < 4.78 is 0. The van der Waals surface area contributed by atoms with E-state index in [0.29, 0.717) is 0 Å². The minimum atomic E-state index is 0.855. The lowest BCUT2D eigenvalue weighted by atomic mass is 10.3. The van der Waals surface area contributed by atoms with Crippen LogP contribution in [0.5, 0.6) is 0 Å². The van der Waals surface area contributed by atoms with Gasteiger partial charge in [-0.15, -0.1) is 11.3 Å². The molecule has 17 heavy (non-hydrogen) atoms. The summed E-state index contributed by atoms with van der Waals surface area (Å²) in [5.74, 6) is 0. The second kappa shape index (κ2) is 5.19. The van der Waals surface area contributed by atoms with E-state index in [2.05, 4.69) is 41.6 Å². The zero-order chi connectivity index (χ0) is 12.3. The van der Waals surface area contributed by atoms with Crippen LogP contribution in [0.25, 0.3) is 0 Å². The molecule has 0 atom stereocenters. The number of aryl methyl sites for hydroxylation is 2. The van der Waals surface area contributed by atoms with Crippen molar-refractivity contribution in [1.82, 2.24) is 4.98 Å². The molecule has 0 spiro atoms. The van der Waals surface area contributed by atoms with Crippen LogP contribution in [0.4, 0.5) is 11.4 Å². The van der Waals surface area contributed by atoms with Crippen molar-refractivity contribution in [2.24, 2.45) is 0 Å². The van der Waals surface area contributed by atoms with Crippen molar-refractivity contribution in [3.8, 4) is 0 Å². The van der Waals surface area contributed by atoms with E-state index in [-0.39, 0.29) is 0 Å². The second-order valence-electron chi connectivity index (χ2n) is 4.02. The molecule has 2 rings (SSSR count). The number of nitrogens with one attached hydrogen (secondary N) is 2. The third-order valence-electron chi connectivity index (χ3n) is 2.71. The Morgan fingerprint density at radius 3 is 2.59 bits per heavy atom. The van der Waals surface area contributed by atoms with Crippen LogP contribution in [-0.2, 0) is 6.54 Å². The zero-order valence-corrected chi connectivity index (χ0v) is 11.2. The number of rotatable bonds is 4. The Kier molecular flexibility index (Phi) is 3.64. The molecule has 2 aromatic rings. The first kappa shape index (κ1) is 11.9. The van der Waals surface area contributed by atoms with Gasteiger partial charge < -0.3 is 10.6 Å². The van der Waals surface area contributed by atoms with E-state index in [1.165, 1.54) is 15.3 Å². The molecule has 0 amide bonds. The third kappa shape index (κ3) is 2.97. The van der Waals surface area contributed by atoms with E-state index >= 15 is 0 Å². The van der Waals surface area contributed by atoms with Crippen LogP contribution >= 0.6 is 11.3 Å². The molecule has 2 aromatic heterocycles. The highest BCUT2D eigenvalue weighted by Crippen LogP contribution is 2.22. The molecule has 0 fully saturated rings. The smallest absolute Gasteiger partial charge is 0.0550 e. The molecule has 0 aliphatic carbocycles. The summed E-state index contributed by atoms with van der Waals surface area (Å²) in [5, 5.41) is 6.46. The van der Waals surface area contributed by atoms with E-state index in [0.717, 1.165) is 17.9 Å². The van der Waals surface area contributed by atoms with Gasteiger partial charge >= 0.3 is 0 Å². The molecule has 0 aliphatic heterocycles. The van der Waals surface area contributed by atoms with Gasteiger partial charge in [0.1, 0.15) is 0 Å². The predicted molar refractivity (Wildman–Crippen MR) is 74.9 cm³/mol. The monoisotopic (exact) mass is 247 g/mol. The fourth-order valence-electron chi connectivity index (χ4n) is 1.60. The average molecular weight is 247 g/mol. The van der Waals surface area contributed by atoms with E-state index < -0.39 is 0 Å². The summed E-state index contributed by atoms with van der Waals surface area (Å²) >= 11 is 1.85. The number of hydrogen-bond donors (Lipinski definition) is 2. The lowest BCUT2D eigenvalue weighted by Gasteiger charge is -2.06. The van der Waals surface area contributed by atoms with Gasteiger partial charge in [0.15, 0.2) is 0 Å². The Bertz CT molecular complexity index is 486. The first-order valence-corrected chi connectivity index (χ1v) is 6.43. The van der Waals surface area contributed by atoms with Crippen LogP contribution in [0.2, 0.25) is 0 Å². The predicted octanol–water partition coefficient (Wildman–Crippen LogP) is 3.41. The van der Waals surface area contributed by atoms with Crippen LogP contribution in [0, 0.1) is 13.8 Å². The molecule has 0 aliphatic rings. The maximum Gasteiger partial charge on any atom is 0.0550 e. The van der Waals surface area contributed by atoms with E-state index in [9.17, 15) is 0 Å². The fourth-order valence-corrected chi connectivity index (χ4v) is 2.59. The largest absolute Gasteiger partial charge is 0.387 e. The molecule has 2 N–H and O–H groups in total. The number of pyridine rings is 1. The SMILES string of the molecule is CNc1cncc(NCc2cc(C)c(C)s2)c1. The van der Waals surface area contributed by atoms with Gasteiger partial charge in [-0.05, 0) is 31.5 Å². The minimum absolute atomic E-state index is 0.855. The minimum Gasteiger partial charge on any atom is -0.387 e. The lowest BCUT2D eigenvalue weighted by molar-refractivity contribution is 1.17. The van der Waals surface area contributed by atoms with Gasteiger partial charge in [-0.1, -0.05) is 0 Å². The number of thiophene rings is 1. The number of nitrogens with zero attached hydrogens (tertiary/aromatic N) is 1. The first-order chi connectivity index (χ1) is 8.19. The van der Waals surface area contributed by atoms with E-state index in [1.807, 2.05) is 30.8 Å². The fraction of sp³-hybridized carbons (Fsp3) is 0.308. The summed E-state index contributed by atoms with van der Waals surface area (Å²) in [7, 11) is 1.90. The van der Waals surface area contributed by atoms with Crippen LogP contribution in [0.1, 0.15) is 15.3 Å². The normalized spacial score (nSPS) is 10.3. The van der Waals surface area contributed by atoms with Crippen molar-refractivity contribution >= 4 is 22.7 Å². The molecule has 2 heterocycles. The molecule has 0 radical (unpaired) electrons. The van der Waals surface area contributed by atoms with Crippen molar-refractivity contribution in [3.05, 3.63) is 39.8 Å². The van der Waals surface area contributed by atoms with Gasteiger partial charge in [0.05, 0.1) is 23.8 Å². The highest BCUT2D eigenvalue weighted by atomic mass is 32.1. The number of hydrogen-bond acceptors (Lipinski definition) is 4. The quantitative estimate of drug-likeness (QED) is 0.869. The van der Waals surface area contributed by atoms with Crippen molar-refractivity contribution in [2.75, 3.05) is 17.7 Å². The van der Waals surface area contributed by atoms with Gasteiger partial charge in [-0.25, -0.2) is 0 Å². The van der Waals surface area contributed by atoms with Gasteiger partial charge in [-0.2, -0.15) is 0 Å². The van der Waals surface area contributed by atoms with Crippen molar-refractivity contribution in [2.45, 2.75) is 20.4 Å². The van der Waals surface area contributed by atoms with Crippen LogP contribution in [0.3, 0.4) is 0 Å². The Morgan fingerprint density at radius 2 is 1.94 bits per heavy atom. The molecule has 90 valence electrons. The summed E-state index contributed by atoms with van der Waals surface area (Å²) in [6.45, 7) is 5.17. The van der Waals surface area contributed by atoms with E-state index in [1.54, 1.807) is 0 Å². The Balaban J connectivity index is 2.01. The van der Waals surface area contributed by atoms with Gasteiger partial charge in [-0.3, -0.25) is 4.98 Å². The van der Waals surface area contributed by atoms with E-state index in [4.69, 9.17) is 0 Å². The molecule has 0 saturated carbocycles. The summed E-state index contributed by atoms with van der Waals surface area (Å²) in [4.78, 5) is 6.92. The van der Waals surface area contributed by atoms with Crippen LogP contribution in [0.15, 0.2) is 24.5 Å². The Hall–Kier alpha value is -1.55. The zero-order valence-electron chi connectivity index (χ0n) is 10.4. The highest BCUT2D eigenvalue weighted by molar-refractivity contribution is 7.12. The highest BCUT2D eigenvalue weighted by Gasteiger charge is 2.01.